The van der Waals surface area contributed by atoms with E-state index >= 15 is 0 Å². The highest BCUT2D eigenvalue weighted by molar-refractivity contribution is 6.56. The number of hydrogen-bond acceptors (Lipinski definition) is 4. The molecule has 23 heavy (non-hydrogen) atoms. The normalized spacial score (nSPS) is 10.6. The minimum Gasteiger partial charge on any atom is -0.481 e. The number of benzene rings is 1. The molecule has 2 rings (SSSR count). The van der Waals surface area contributed by atoms with E-state index in [1.165, 1.54) is 26.5 Å². The highest BCUT2D eigenvalue weighted by Gasteiger charge is 2.25. The van der Waals surface area contributed by atoms with Gasteiger partial charge in [0.2, 0.25) is 5.88 Å². The molecule has 0 spiro atoms. The molecule has 0 radical (unpaired) electrons. The monoisotopic (exact) mass is 413 g/mol. The van der Waals surface area contributed by atoms with Crippen LogP contribution in [0.4, 0.5) is 0 Å². The lowest BCUT2D eigenvalue weighted by atomic mass is 10.0. The van der Waals surface area contributed by atoms with Crippen molar-refractivity contribution in [2.45, 2.75) is 0 Å². The highest BCUT2D eigenvalue weighted by atomic mass is 35.5. The number of aromatic nitrogens is 1. The first kappa shape index (κ1) is 18.4. The molecule has 2 aromatic rings. The van der Waals surface area contributed by atoms with Crippen molar-refractivity contribution in [3.63, 3.8) is 0 Å². The van der Waals surface area contributed by atoms with Crippen LogP contribution in [0.1, 0.15) is 10.4 Å². The highest BCUT2D eigenvalue weighted by Crippen LogP contribution is 2.48. The first-order chi connectivity index (χ1) is 10.8. The Bertz CT molecular complexity index is 765. The van der Waals surface area contributed by atoms with Gasteiger partial charge in [0.25, 0.3) is 0 Å². The molecular weight excluding hydrogens is 407 g/mol. The van der Waals surface area contributed by atoms with Gasteiger partial charge in [-0.3, -0.25) is 0 Å². The number of rotatable bonds is 3. The predicted octanol–water partition coefficient (Wildman–Crippen LogP) is 5.81. The second kappa shape index (κ2) is 7.32. The fourth-order valence-corrected chi connectivity index (χ4v) is 3.21. The van der Waals surface area contributed by atoms with Crippen molar-refractivity contribution in [3.8, 4) is 17.0 Å². The van der Waals surface area contributed by atoms with Gasteiger partial charge in [-0.1, -0.05) is 58.0 Å². The molecule has 4 nitrogen and oxygen atoms in total. The third-order valence-electron chi connectivity index (χ3n) is 2.97. The average Bonchev–Trinajstić information content (AvgIpc) is 2.57. The van der Waals surface area contributed by atoms with Crippen molar-refractivity contribution in [2.75, 3.05) is 14.2 Å². The number of carbonyl (C=O) groups excluding carboxylic acids is 1. The van der Waals surface area contributed by atoms with E-state index in [2.05, 4.69) is 4.98 Å². The molecule has 0 aliphatic heterocycles. The van der Waals surface area contributed by atoms with Gasteiger partial charge in [-0.2, -0.15) is 0 Å². The van der Waals surface area contributed by atoms with Gasteiger partial charge in [-0.05, 0) is 0 Å². The molecule has 1 aromatic heterocycles. The third kappa shape index (κ3) is 3.32. The van der Waals surface area contributed by atoms with Crippen molar-refractivity contribution in [2.24, 2.45) is 0 Å². The molecule has 0 bridgehead atoms. The van der Waals surface area contributed by atoms with Crippen LogP contribution >= 0.6 is 58.0 Å². The van der Waals surface area contributed by atoms with Gasteiger partial charge in [-0.25, -0.2) is 9.78 Å². The largest absolute Gasteiger partial charge is 0.481 e. The zero-order chi connectivity index (χ0) is 17.3. The molecule has 0 fully saturated rings. The summed E-state index contributed by atoms with van der Waals surface area (Å²) in [4.78, 5) is 16.1. The Balaban J connectivity index is 2.85. The Kier molecular flexibility index (Phi) is 5.87. The van der Waals surface area contributed by atoms with Gasteiger partial charge in [0.15, 0.2) is 0 Å². The maximum absolute atomic E-state index is 12.1. The molecule has 1 heterocycles. The Hall–Kier alpha value is -0.910. The van der Waals surface area contributed by atoms with Crippen LogP contribution in [-0.4, -0.2) is 25.2 Å². The summed E-state index contributed by atoms with van der Waals surface area (Å²) in [7, 11) is 2.66. The molecule has 0 N–H and O–H groups in total. The maximum Gasteiger partial charge on any atom is 0.338 e. The molecule has 0 saturated carbocycles. The predicted molar refractivity (Wildman–Crippen MR) is 92.6 cm³/mol. The van der Waals surface area contributed by atoms with E-state index < -0.39 is 5.97 Å². The number of pyridine rings is 1. The third-order valence-corrected chi connectivity index (χ3v) is 5.25. The maximum atomic E-state index is 12.1. The molecule has 122 valence electrons. The molecule has 9 heteroatoms. The SMILES string of the molecule is COC(=O)c1cc(OC)ncc1-c1c(Cl)c(Cl)c(Cl)c(Cl)c1Cl. The summed E-state index contributed by atoms with van der Waals surface area (Å²) in [5.41, 5.74) is 0.647. The van der Waals surface area contributed by atoms with Crippen LogP contribution in [0.2, 0.25) is 25.1 Å². The van der Waals surface area contributed by atoms with E-state index in [1.54, 1.807) is 0 Å². The van der Waals surface area contributed by atoms with Crippen molar-refractivity contribution in [1.29, 1.82) is 0 Å². The lowest BCUT2D eigenvalue weighted by Crippen LogP contribution is -2.06. The molecule has 0 aliphatic rings. The molecule has 0 atom stereocenters. The van der Waals surface area contributed by atoms with Crippen molar-refractivity contribution >= 4 is 64.0 Å². The molecule has 0 saturated heterocycles. The van der Waals surface area contributed by atoms with Crippen molar-refractivity contribution in [3.05, 3.63) is 42.9 Å². The molecular formula is C14H8Cl5NO3. The molecule has 1 aromatic carbocycles. The van der Waals surface area contributed by atoms with Crippen molar-refractivity contribution in [1.82, 2.24) is 4.98 Å². The first-order valence-corrected chi connectivity index (χ1v) is 7.86. The number of hydrogen-bond donors (Lipinski definition) is 0. The van der Waals surface area contributed by atoms with Crippen LogP contribution in [0.5, 0.6) is 5.88 Å². The first-order valence-electron chi connectivity index (χ1n) is 5.97. The van der Waals surface area contributed by atoms with Gasteiger partial charge < -0.3 is 9.47 Å². The number of esters is 1. The van der Waals surface area contributed by atoms with Crippen LogP contribution < -0.4 is 4.74 Å². The van der Waals surface area contributed by atoms with Gasteiger partial charge in [-0.15, -0.1) is 0 Å². The standard InChI is InChI=1S/C14H8Cl5NO3/c1-22-7-3-5(14(21)23-2)6(4-20-7)8-9(15)11(17)13(19)12(18)10(8)16/h3-4H,1-2H3. The van der Waals surface area contributed by atoms with E-state index in [0.29, 0.717) is 0 Å². The zero-order valence-corrected chi connectivity index (χ0v) is 15.5. The van der Waals surface area contributed by atoms with E-state index in [0.717, 1.165) is 0 Å². The fourth-order valence-electron chi connectivity index (χ4n) is 1.87. The second-order valence-electron chi connectivity index (χ2n) is 4.21. The minimum absolute atomic E-state index is 0.0179. The number of methoxy groups -OCH3 is 2. The summed E-state index contributed by atoms with van der Waals surface area (Å²) in [6.45, 7) is 0. The van der Waals surface area contributed by atoms with Crippen LogP contribution in [0.25, 0.3) is 11.1 Å². The van der Waals surface area contributed by atoms with Crippen LogP contribution in [0.15, 0.2) is 12.3 Å². The summed E-state index contributed by atoms with van der Waals surface area (Å²) in [6, 6.07) is 1.39. The summed E-state index contributed by atoms with van der Waals surface area (Å²) in [5.74, 6) is -0.414. The van der Waals surface area contributed by atoms with Crippen molar-refractivity contribution < 1.29 is 14.3 Å². The molecule has 0 amide bonds. The summed E-state index contributed by atoms with van der Waals surface area (Å²) in [6.07, 6.45) is 1.36. The number of nitrogens with zero attached hydrogens (tertiary/aromatic N) is 1. The summed E-state index contributed by atoms with van der Waals surface area (Å²) in [5, 5.41) is 0.147. The lowest BCUT2D eigenvalue weighted by molar-refractivity contribution is 0.0601. The van der Waals surface area contributed by atoms with Gasteiger partial charge in [0, 0.05) is 23.4 Å². The van der Waals surface area contributed by atoms with Gasteiger partial charge in [0.05, 0.1) is 44.9 Å². The fraction of sp³-hybridized carbons (Fsp3) is 0.143. The molecule has 0 aliphatic carbocycles. The van der Waals surface area contributed by atoms with Gasteiger partial charge >= 0.3 is 5.97 Å². The zero-order valence-electron chi connectivity index (χ0n) is 11.7. The van der Waals surface area contributed by atoms with Crippen LogP contribution in [0, 0.1) is 0 Å². The average molecular weight is 415 g/mol. The van der Waals surface area contributed by atoms with E-state index in [-0.39, 0.29) is 47.7 Å². The minimum atomic E-state index is -0.630. The van der Waals surface area contributed by atoms with Crippen LogP contribution in [-0.2, 0) is 4.74 Å². The number of carbonyl (C=O) groups is 1. The van der Waals surface area contributed by atoms with E-state index in [1.807, 2.05) is 0 Å². The van der Waals surface area contributed by atoms with Gasteiger partial charge in [0.1, 0.15) is 0 Å². The Labute approximate surface area is 157 Å². The summed E-state index contributed by atoms with van der Waals surface area (Å²) < 4.78 is 9.77. The molecule has 0 unspecified atom stereocenters. The lowest BCUT2D eigenvalue weighted by Gasteiger charge is -2.15. The number of halogens is 5. The Morgan fingerprint density at radius 1 is 0.957 bits per heavy atom. The van der Waals surface area contributed by atoms with E-state index in [9.17, 15) is 4.79 Å². The second-order valence-corrected chi connectivity index (χ2v) is 6.10. The van der Waals surface area contributed by atoms with E-state index in [4.69, 9.17) is 67.5 Å². The Morgan fingerprint density at radius 3 is 1.96 bits per heavy atom. The van der Waals surface area contributed by atoms with Crippen LogP contribution in [0.3, 0.4) is 0 Å². The Morgan fingerprint density at radius 2 is 1.48 bits per heavy atom. The number of ether oxygens (including phenoxy) is 2. The quantitative estimate of drug-likeness (QED) is 0.361. The topological polar surface area (TPSA) is 48.4 Å². The summed E-state index contributed by atoms with van der Waals surface area (Å²) >= 11 is 30.6. The smallest absolute Gasteiger partial charge is 0.338 e.